The van der Waals surface area contributed by atoms with E-state index in [-0.39, 0.29) is 10.9 Å². The molecule has 0 radical (unpaired) electrons. The summed E-state index contributed by atoms with van der Waals surface area (Å²) in [5, 5.41) is 18.6. The maximum Gasteiger partial charge on any atom is 0.339 e. The molecular formula is C13H17NO5S. The van der Waals surface area contributed by atoms with Crippen molar-refractivity contribution in [1.29, 1.82) is 0 Å². The van der Waals surface area contributed by atoms with Crippen molar-refractivity contribution >= 4 is 16.0 Å². The molecule has 2 N–H and O–H groups in total. The largest absolute Gasteiger partial charge is 0.507 e. The smallest absolute Gasteiger partial charge is 0.339 e. The number of aromatic carboxylic acids is 1. The van der Waals surface area contributed by atoms with Crippen LogP contribution in [-0.2, 0) is 10.0 Å². The lowest BCUT2D eigenvalue weighted by molar-refractivity contribution is 0.0693. The van der Waals surface area contributed by atoms with Crippen molar-refractivity contribution in [3.05, 3.63) is 23.3 Å². The van der Waals surface area contributed by atoms with Crippen molar-refractivity contribution in [1.82, 2.24) is 4.31 Å². The van der Waals surface area contributed by atoms with E-state index in [1.54, 1.807) is 6.92 Å². The summed E-state index contributed by atoms with van der Waals surface area (Å²) in [4.78, 5) is 11.0. The van der Waals surface area contributed by atoms with Crippen molar-refractivity contribution in [2.24, 2.45) is 0 Å². The fraction of sp³-hybridized carbons (Fsp3) is 0.462. The maximum atomic E-state index is 12.6. The zero-order valence-corrected chi connectivity index (χ0v) is 12.1. The number of aryl methyl sites for hydroxylation is 1. The second-order valence-electron chi connectivity index (χ2n) is 5.05. The number of aromatic hydroxyl groups is 1. The van der Waals surface area contributed by atoms with Gasteiger partial charge in [0.25, 0.3) is 0 Å². The summed E-state index contributed by atoms with van der Waals surface area (Å²) >= 11 is 0. The highest BCUT2D eigenvalue weighted by molar-refractivity contribution is 7.89. The van der Waals surface area contributed by atoms with E-state index < -0.39 is 27.3 Å². The summed E-state index contributed by atoms with van der Waals surface area (Å²) in [6.45, 7) is 3.81. The van der Waals surface area contributed by atoms with Crippen molar-refractivity contribution in [3.8, 4) is 5.75 Å². The molecule has 20 heavy (non-hydrogen) atoms. The molecule has 1 atom stereocenters. The third-order valence-electron chi connectivity index (χ3n) is 3.60. The molecule has 1 unspecified atom stereocenters. The third kappa shape index (κ3) is 2.38. The van der Waals surface area contributed by atoms with Crippen LogP contribution in [0.2, 0.25) is 0 Å². The number of carboxylic acids is 1. The number of carbonyl (C=O) groups is 1. The summed E-state index contributed by atoms with van der Waals surface area (Å²) in [5.41, 5.74) is -0.0624. The van der Waals surface area contributed by atoms with Crippen molar-refractivity contribution in [2.45, 2.75) is 37.6 Å². The van der Waals surface area contributed by atoms with Crippen LogP contribution in [0.1, 0.15) is 35.7 Å². The minimum absolute atomic E-state index is 0.0542. The van der Waals surface area contributed by atoms with E-state index in [1.165, 1.54) is 10.4 Å². The molecule has 0 saturated carbocycles. The molecule has 0 aromatic heterocycles. The number of benzene rings is 1. The first-order valence-electron chi connectivity index (χ1n) is 6.34. The van der Waals surface area contributed by atoms with Crippen LogP contribution in [0.15, 0.2) is 17.0 Å². The van der Waals surface area contributed by atoms with Crippen LogP contribution in [0.4, 0.5) is 0 Å². The van der Waals surface area contributed by atoms with E-state index in [2.05, 4.69) is 0 Å². The first-order chi connectivity index (χ1) is 9.25. The SMILES string of the molecule is Cc1cc(O)c(C(=O)O)cc1S(=O)(=O)N1CCCC1C. The second kappa shape index (κ2) is 5.06. The van der Waals surface area contributed by atoms with Gasteiger partial charge in [-0.3, -0.25) is 0 Å². The summed E-state index contributed by atoms with van der Waals surface area (Å²) in [6.07, 6.45) is 1.59. The molecule has 1 aromatic carbocycles. The van der Waals surface area contributed by atoms with Gasteiger partial charge in [-0.05, 0) is 44.4 Å². The predicted molar refractivity (Wildman–Crippen MR) is 72.4 cm³/mol. The van der Waals surface area contributed by atoms with Crippen LogP contribution in [0.5, 0.6) is 5.75 Å². The average molecular weight is 299 g/mol. The van der Waals surface area contributed by atoms with E-state index in [4.69, 9.17) is 5.11 Å². The minimum atomic E-state index is -3.73. The third-order valence-corrected chi connectivity index (χ3v) is 5.76. The molecule has 1 heterocycles. The standard InChI is InChI=1S/C13H17NO5S/c1-8-6-11(15)10(13(16)17)7-12(8)20(18,19)14-5-3-4-9(14)2/h6-7,9,15H,3-5H2,1-2H3,(H,16,17). The molecule has 1 aliphatic rings. The van der Waals surface area contributed by atoms with Crippen molar-refractivity contribution in [2.75, 3.05) is 6.54 Å². The van der Waals surface area contributed by atoms with E-state index in [0.717, 1.165) is 18.9 Å². The Hall–Kier alpha value is -1.60. The highest BCUT2D eigenvalue weighted by Crippen LogP contribution is 2.31. The molecule has 7 heteroatoms. The molecule has 1 aliphatic heterocycles. The molecular weight excluding hydrogens is 282 g/mol. The Balaban J connectivity index is 2.57. The number of nitrogens with zero attached hydrogens (tertiary/aromatic N) is 1. The van der Waals surface area contributed by atoms with Gasteiger partial charge in [-0.1, -0.05) is 0 Å². The Morgan fingerprint density at radius 1 is 1.40 bits per heavy atom. The van der Waals surface area contributed by atoms with Gasteiger partial charge in [0.2, 0.25) is 10.0 Å². The zero-order valence-electron chi connectivity index (χ0n) is 11.3. The summed E-state index contributed by atoms with van der Waals surface area (Å²) < 4.78 is 26.6. The van der Waals surface area contributed by atoms with Crippen LogP contribution in [0.3, 0.4) is 0 Å². The normalized spacial score (nSPS) is 20.2. The first-order valence-corrected chi connectivity index (χ1v) is 7.78. The highest BCUT2D eigenvalue weighted by atomic mass is 32.2. The zero-order chi connectivity index (χ0) is 15.1. The Labute approximate surface area is 117 Å². The van der Waals surface area contributed by atoms with Gasteiger partial charge in [0.15, 0.2) is 0 Å². The average Bonchev–Trinajstić information content (AvgIpc) is 2.75. The Kier molecular flexibility index (Phi) is 3.75. The summed E-state index contributed by atoms with van der Waals surface area (Å²) in [5.74, 6) is -1.78. The fourth-order valence-corrected chi connectivity index (χ4v) is 4.45. The summed E-state index contributed by atoms with van der Waals surface area (Å²) in [6, 6.07) is 2.12. The van der Waals surface area contributed by atoms with Gasteiger partial charge in [-0.15, -0.1) is 0 Å². The number of phenols is 1. The van der Waals surface area contributed by atoms with Gasteiger partial charge in [-0.2, -0.15) is 4.31 Å². The van der Waals surface area contributed by atoms with E-state index >= 15 is 0 Å². The van der Waals surface area contributed by atoms with Crippen LogP contribution in [0, 0.1) is 6.92 Å². The maximum absolute atomic E-state index is 12.6. The lowest BCUT2D eigenvalue weighted by Gasteiger charge is -2.22. The van der Waals surface area contributed by atoms with E-state index in [1.807, 2.05) is 6.92 Å². The Morgan fingerprint density at radius 3 is 2.55 bits per heavy atom. The van der Waals surface area contributed by atoms with Crippen molar-refractivity contribution in [3.63, 3.8) is 0 Å². The molecule has 2 rings (SSSR count). The van der Waals surface area contributed by atoms with Crippen LogP contribution in [-0.4, -0.2) is 41.5 Å². The van der Waals surface area contributed by atoms with Gasteiger partial charge in [0.05, 0.1) is 4.90 Å². The lowest BCUT2D eigenvalue weighted by atomic mass is 10.1. The van der Waals surface area contributed by atoms with Gasteiger partial charge >= 0.3 is 5.97 Å². The molecule has 0 spiro atoms. The molecule has 0 aliphatic carbocycles. The molecule has 0 bridgehead atoms. The number of hydrogen-bond acceptors (Lipinski definition) is 4. The van der Waals surface area contributed by atoms with Crippen LogP contribution < -0.4 is 0 Å². The Morgan fingerprint density at radius 2 is 2.05 bits per heavy atom. The molecule has 110 valence electrons. The lowest BCUT2D eigenvalue weighted by Crippen LogP contribution is -2.34. The second-order valence-corrected chi connectivity index (χ2v) is 6.91. The van der Waals surface area contributed by atoms with Crippen LogP contribution >= 0.6 is 0 Å². The van der Waals surface area contributed by atoms with Gasteiger partial charge in [0.1, 0.15) is 11.3 Å². The minimum Gasteiger partial charge on any atom is -0.507 e. The van der Waals surface area contributed by atoms with Gasteiger partial charge in [-0.25, -0.2) is 13.2 Å². The monoisotopic (exact) mass is 299 g/mol. The number of hydrogen-bond donors (Lipinski definition) is 2. The molecule has 1 fully saturated rings. The number of sulfonamides is 1. The van der Waals surface area contributed by atoms with Crippen molar-refractivity contribution < 1.29 is 23.4 Å². The summed E-state index contributed by atoms with van der Waals surface area (Å²) in [7, 11) is -3.73. The molecule has 1 aromatic rings. The topological polar surface area (TPSA) is 94.9 Å². The molecule has 1 saturated heterocycles. The Bertz CT molecular complexity index is 653. The van der Waals surface area contributed by atoms with E-state index in [0.29, 0.717) is 12.1 Å². The predicted octanol–water partition coefficient (Wildman–Crippen LogP) is 1.57. The van der Waals surface area contributed by atoms with Gasteiger partial charge in [0, 0.05) is 12.6 Å². The highest BCUT2D eigenvalue weighted by Gasteiger charge is 2.34. The first kappa shape index (κ1) is 14.8. The van der Waals surface area contributed by atoms with Crippen LogP contribution in [0.25, 0.3) is 0 Å². The van der Waals surface area contributed by atoms with Gasteiger partial charge < -0.3 is 10.2 Å². The number of carboxylic acid groups (broad SMARTS) is 1. The quantitative estimate of drug-likeness (QED) is 0.883. The molecule has 0 amide bonds. The van der Waals surface area contributed by atoms with E-state index in [9.17, 15) is 18.3 Å². The molecule has 6 nitrogen and oxygen atoms in total. The fourth-order valence-electron chi connectivity index (χ4n) is 2.51. The number of rotatable bonds is 3.